The van der Waals surface area contributed by atoms with Crippen LogP contribution < -0.4 is 0 Å². The minimum Gasteiger partial charge on any atom is -0.338 e. The van der Waals surface area contributed by atoms with Crippen molar-refractivity contribution < 1.29 is 4.52 Å². The second kappa shape index (κ2) is 5.75. The van der Waals surface area contributed by atoms with E-state index in [9.17, 15) is 0 Å². The fourth-order valence-electron chi connectivity index (χ4n) is 2.87. The van der Waals surface area contributed by atoms with Gasteiger partial charge in [-0.15, -0.1) is 0 Å². The number of aromatic nitrogens is 2. The van der Waals surface area contributed by atoms with E-state index in [0.717, 1.165) is 31.2 Å². The SMILES string of the molecule is CCc1noc([C@@H](C)N2CC[C@@H](c3ccccc3)C2)n1. The summed E-state index contributed by atoms with van der Waals surface area (Å²) in [5, 5.41) is 3.99. The lowest BCUT2D eigenvalue weighted by Gasteiger charge is -2.21. The van der Waals surface area contributed by atoms with Gasteiger partial charge in [-0.25, -0.2) is 0 Å². The molecule has 2 aromatic rings. The van der Waals surface area contributed by atoms with E-state index in [1.165, 1.54) is 12.0 Å². The van der Waals surface area contributed by atoms with Crippen LogP contribution in [0.5, 0.6) is 0 Å². The van der Waals surface area contributed by atoms with Crippen molar-refractivity contribution >= 4 is 0 Å². The molecule has 0 radical (unpaired) electrons. The van der Waals surface area contributed by atoms with Gasteiger partial charge in [-0.3, -0.25) is 4.90 Å². The maximum atomic E-state index is 5.37. The molecule has 1 aromatic carbocycles. The molecule has 2 heterocycles. The van der Waals surface area contributed by atoms with Crippen molar-refractivity contribution in [2.24, 2.45) is 0 Å². The molecular weight excluding hydrogens is 250 g/mol. The summed E-state index contributed by atoms with van der Waals surface area (Å²) in [5.74, 6) is 2.16. The molecular formula is C16H21N3O. The smallest absolute Gasteiger partial charge is 0.243 e. The van der Waals surface area contributed by atoms with Gasteiger partial charge >= 0.3 is 0 Å². The highest BCUT2D eigenvalue weighted by Crippen LogP contribution is 2.32. The molecule has 0 amide bonds. The lowest BCUT2D eigenvalue weighted by molar-refractivity contribution is 0.207. The molecule has 1 fully saturated rings. The van der Waals surface area contributed by atoms with Gasteiger partial charge in [-0.05, 0) is 31.4 Å². The van der Waals surface area contributed by atoms with Crippen LogP contribution in [-0.4, -0.2) is 28.1 Å². The van der Waals surface area contributed by atoms with E-state index in [4.69, 9.17) is 4.52 Å². The van der Waals surface area contributed by atoms with E-state index in [1.54, 1.807) is 0 Å². The minimum atomic E-state index is 0.205. The molecule has 1 aliphatic rings. The van der Waals surface area contributed by atoms with Crippen LogP contribution in [-0.2, 0) is 6.42 Å². The number of likely N-dealkylation sites (tertiary alicyclic amines) is 1. The summed E-state index contributed by atoms with van der Waals surface area (Å²) in [6, 6.07) is 11.0. The number of nitrogens with zero attached hydrogens (tertiary/aromatic N) is 3. The van der Waals surface area contributed by atoms with Gasteiger partial charge < -0.3 is 4.52 Å². The third-order valence-corrected chi connectivity index (χ3v) is 4.20. The highest BCUT2D eigenvalue weighted by atomic mass is 16.5. The Labute approximate surface area is 119 Å². The van der Waals surface area contributed by atoms with Gasteiger partial charge in [0.05, 0.1) is 6.04 Å². The van der Waals surface area contributed by atoms with Crippen LogP contribution in [0, 0.1) is 0 Å². The Morgan fingerprint density at radius 3 is 2.85 bits per heavy atom. The van der Waals surface area contributed by atoms with Crippen LogP contribution in [0.15, 0.2) is 34.9 Å². The second-order valence-corrected chi connectivity index (χ2v) is 5.47. The topological polar surface area (TPSA) is 42.2 Å². The second-order valence-electron chi connectivity index (χ2n) is 5.47. The molecule has 4 nitrogen and oxygen atoms in total. The summed E-state index contributed by atoms with van der Waals surface area (Å²) in [6.45, 7) is 6.35. The van der Waals surface area contributed by atoms with Crippen molar-refractivity contribution in [2.75, 3.05) is 13.1 Å². The average Bonchev–Trinajstić information content (AvgIpc) is 3.17. The Hall–Kier alpha value is -1.68. The van der Waals surface area contributed by atoms with Crippen molar-refractivity contribution in [3.8, 4) is 0 Å². The summed E-state index contributed by atoms with van der Waals surface area (Å²) in [6.07, 6.45) is 2.02. The minimum absolute atomic E-state index is 0.205. The summed E-state index contributed by atoms with van der Waals surface area (Å²) < 4.78 is 5.37. The van der Waals surface area contributed by atoms with E-state index in [0.29, 0.717) is 5.92 Å². The fourth-order valence-corrected chi connectivity index (χ4v) is 2.87. The van der Waals surface area contributed by atoms with Crippen LogP contribution in [0.2, 0.25) is 0 Å². The first-order valence-corrected chi connectivity index (χ1v) is 7.39. The van der Waals surface area contributed by atoms with Gasteiger partial charge in [0, 0.05) is 13.0 Å². The lowest BCUT2D eigenvalue weighted by Crippen LogP contribution is -2.24. The van der Waals surface area contributed by atoms with Crippen molar-refractivity contribution in [1.82, 2.24) is 15.0 Å². The molecule has 0 bridgehead atoms. The van der Waals surface area contributed by atoms with E-state index < -0.39 is 0 Å². The molecule has 1 saturated heterocycles. The van der Waals surface area contributed by atoms with Crippen LogP contribution in [0.3, 0.4) is 0 Å². The zero-order chi connectivity index (χ0) is 13.9. The monoisotopic (exact) mass is 271 g/mol. The molecule has 4 heteroatoms. The first-order valence-electron chi connectivity index (χ1n) is 7.39. The summed E-state index contributed by atoms with van der Waals surface area (Å²) >= 11 is 0. The maximum Gasteiger partial charge on any atom is 0.243 e. The summed E-state index contributed by atoms with van der Waals surface area (Å²) in [5.41, 5.74) is 1.43. The molecule has 1 aromatic heterocycles. The highest BCUT2D eigenvalue weighted by molar-refractivity contribution is 5.21. The summed E-state index contributed by atoms with van der Waals surface area (Å²) in [7, 11) is 0. The third-order valence-electron chi connectivity index (χ3n) is 4.20. The van der Waals surface area contributed by atoms with E-state index in [1.807, 2.05) is 6.92 Å². The van der Waals surface area contributed by atoms with Gasteiger partial charge in [0.2, 0.25) is 5.89 Å². The van der Waals surface area contributed by atoms with Gasteiger partial charge in [-0.2, -0.15) is 4.98 Å². The van der Waals surface area contributed by atoms with Crippen LogP contribution in [0.4, 0.5) is 0 Å². The van der Waals surface area contributed by atoms with E-state index in [2.05, 4.69) is 52.3 Å². The average molecular weight is 271 g/mol. The van der Waals surface area contributed by atoms with Crippen molar-refractivity contribution in [1.29, 1.82) is 0 Å². The number of hydrogen-bond acceptors (Lipinski definition) is 4. The largest absolute Gasteiger partial charge is 0.338 e. The Morgan fingerprint density at radius 1 is 1.35 bits per heavy atom. The van der Waals surface area contributed by atoms with E-state index >= 15 is 0 Å². The molecule has 3 rings (SSSR count). The zero-order valence-corrected chi connectivity index (χ0v) is 12.1. The first-order chi connectivity index (χ1) is 9.78. The number of rotatable bonds is 4. The number of aryl methyl sites for hydroxylation is 1. The van der Waals surface area contributed by atoms with Gasteiger partial charge in [-0.1, -0.05) is 42.4 Å². The summed E-state index contributed by atoms with van der Waals surface area (Å²) in [4.78, 5) is 6.89. The Balaban J connectivity index is 1.67. The lowest BCUT2D eigenvalue weighted by atomic mass is 9.99. The van der Waals surface area contributed by atoms with Crippen LogP contribution >= 0.6 is 0 Å². The molecule has 20 heavy (non-hydrogen) atoms. The zero-order valence-electron chi connectivity index (χ0n) is 12.1. The first kappa shape index (κ1) is 13.3. The third kappa shape index (κ3) is 2.61. The number of hydrogen-bond donors (Lipinski definition) is 0. The van der Waals surface area contributed by atoms with Crippen molar-refractivity contribution in [3.63, 3.8) is 0 Å². The molecule has 1 aliphatic heterocycles. The molecule has 0 spiro atoms. The van der Waals surface area contributed by atoms with Crippen molar-refractivity contribution in [2.45, 2.75) is 38.6 Å². The van der Waals surface area contributed by atoms with Crippen molar-refractivity contribution in [3.05, 3.63) is 47.6 Å². The normalized spacial score (nSPS) is 21.2. The van der Waals surface area contributed by atoms with Crippen LogP contribution in [0.1, 0.15) is 49.5 Å². The molecule has 0 aliphatic carbocycles. The van der Waals surface area contributed by atoms with Gasteiger partial charge in [0.1, 0.15) is 0 Å². The van der Waals surface area contributed by atoms with Crippen LogP contribution in [0.25, 0.3) is 0 Å². The molecule has 0 saturated carbocycles. The molecule has 0 unspecified atom stereocenters. The van der Waals surface area contributed by atoms with Gasteiger partial charge in [0.25, 0.3) is 0 Å². The predicted molar refractivity (Wildman–Crippen MR) is 77.5 cm³/mol. The standard InChI is InChI=1S/C16H21N3O/c1-3-15-17-16(20-18-15)12(2)19-10-9-14(11-19)13-7-5-4-6-8-13/h4-8,12,14H,3,9-11H2,1-2H3/t12-,14-/m1/s1. The Morgan fingerprint density at radius 2 is 2.15 bits per heavy atom. The van der Waals surface area contributed by atoms with Gasteiger partial charge in [0.15, 0.2) is 5.82 Å². The Bertz CT molecular complexity index is 552. The Kier molecular flexibility index (Phi) is 3.83. The fraction of sp³-hybridized carbons (Fsp3) is 0.500. The number of benzene rings is 1. The quantitative estimate of drug-likeness (QED) is 0.856. The highest BCUT2D eigenvalue weighted by Gasteiger charge is 2.30. The maximum absolute atomic E-state index is 5.37. The molecule has 0 N–H and O–H groups in total. The molecule has 106 valence electrons. The predicted octanol–water partition coefficient (Wildman–Crippen LogP) is 3.18. The molecule has 2 atom stereocenters. The van der Waals surface area contributed by atoms with E-state index in [-0.39, 0.29) is 6.04 Å².